The highest BCUT2D eigenvalue weighted by molar-refractivity contribution is 6.69. The van der Waals surface area contributed by atoms with Crippen molar-refractivity contribution in [2.75, 3.05) is 33.5 Å². The molecule has 0 fully saturated rings. The highest BCUT2D eigenvalue weighted by Crippen LogP contribution is 2.35. The molecule has 602 valence electrons. The van der Waals surface area contributed by atoms with Gasteiger partial charge in [-0.3, -0.25) is 87.4 Å². The first-order valence-corrected chi connectivity index (χ1v) is 35.7. The Morgan fingerprint density at radius 1 is 0.486 bits per heavy atom. The largest absolute Gasteiger partial charge is 0.506 e. The molecule has 0 bridgehead atoms. The van der Waals surface area contributed by atoms with Crippen LogP contribution >= 0.6 is 69.6 Å². The van der Waals surface area contributed by atoms with Gasteiger partial charge in [0, 0.05) is 61.8 Å². The van der Waals surface area contributed by atoms with Gasteiger partial charge < -0.3 is 45.6 Å². The lowest BCUT2D eigenvalue weighted by Crippen LogP contribution is -2.30. The third kappa shape index (κ3) is 28.8. The molecule has 0 saturated heterocycles. The Labute approximate surface area is 667 Å². The first-order chi connectivity index (χ1) is 51.5. The maximum atomic E-state index is 12.6. The van der Waals surface area contributed by atoms with Crippen LogP contribution in [0.25, 0.3) is 0 Å². The molecule has 0 aromatic carbocycles. The summed E-state index contributed by atoms with van der Waals surface area (Å²) in [6.07, 6.45) is 20.9. The number of Topliss-reactive ketones (excluding diaryl/α,β-unsaturated/α-hetero) is 10. The molecule has 0 aromatic heterocycles. The molecule has 0 saturated carbocycles. The minimum absolute atomic E-state index is 0.0167. The fourth-order valence-corrected chi connectivity index (χ4v) is 11.4. The summed E-state index contributed by atoms with van der Waals surface area (Å²) in [7, 11) is 1.36. The fourth-order valence-electron chi connectivity index (χ4n) is 10.1. The maximum absolute atomic E-state index is 12.6. The van der Waals surface area contributed by atoms with Crippen LogP contribution in [0, 0.1) is 32.1 Å². The minimum atomic E-state index is -1.78. The number of ether oxygens (including phenoxy) is 1. The first-order valence-electron chi connectivity index (χ1n) is 33.4. The minimum Gasteiger partial charge on any atom is -0.506 e. The Bertz CT molecular complexity index is 4270. The summed E-state index contributed by atoms with van der Waals surface area (Å²) >= 11 is 32.3. The third-order valence-electron chi connectivity index (χ3n) is 16.8. The van der Waals surface area contributed by atoms with E-state index in [2.05, 4.69) is 45.4 Å². The summed E-state index contributed by atoms with van der Waals surface area (Å²) in [6, 6.07) is 0. The number of nitro groups is 2. The molecule has 111 heavy (non-hydrogen) atoms. The van der Waals surface area contributed by atoms with E-state index in [1.54, 1.807) is 27.7 Å². The van der Waals surface area contributed by atoms with Crippen molar-refractivity contribution in [3.63, 3.8) is 0 Å². The number of allylic oxidation sites excluding steroid dienone is 22. The second kappa shape index (κ2) is 46.6. The van der Waals surface area contributed by atoms with Crippen molar-refractivity contribution >= 4 is 151 Å². The van der Waals surface area contributed by atoms with Crippen molar-refractivity contribution < 1.29 is 123 Å². The topological polar surface area (TPSA) is 496 Å². The van der Waals surface area contributed by atoms with E-state index in [-0.39, 0.29) is 91.3 Å². The Morgan fingerprint density at radius 3 is 1.29 bits per heavy atom. The molecule has 7 aliphatic rings. The number of nitrogens with zero attached hydrogens (tertiary/aromatic N) is 2. The van der Waals surface area contributed by atoms with Crippen molar-refractivity contribution in [1.82, 2.24) is 0 Å². The van der Waals surface area contributed by atoms with Crippen LogP contribution in [0.2, 0.25) is 0 Å². The summed E-state index contributed by atoms with van der Waals surface area (Å²) < 4.78 is 4.61. The zero-order valence-electron chi connectivity index (χ0n) is 62.4. The Kier molecular flexibility index (Phi) is 41.8. The summed E-state index contributed by atoms with van der Waals surface area (Å²) in [6.45, 7) is 18.7. The summed E-state index contributed by atoms with van der Waals surface area (Å²) in [5.74, 6) is -11.2. The van der Waals surface area contributed by atoms with E-state index in [1.165, 1.54) is 75.3 Å². The zero-order chi connectivity index (χ0) is 85.7. The second-order valence-electron chi connectivity index (χ2n) is 25.9. The van der Waals surface area contributed by atoms with Gasteiger partial charge in [0.2, 0.25) is 28.9 Å². The van der Waals surface area contributed by atoms with E-state index in [0.29, 0.717) is 53.0 Å². The van der Waals surface area contributed by atoms with Gasteiger partial charge in [0.25, 0.3) is 11.5 Å². The van der Waals surface area contributed by atoms with E-state index in [0.717, 1.165) is 37.2 Å². The maximum Gasteiger partial charge on any atom is 0.366 e. The van der Waals surface area contributed by atoms with Crippen LogP contribution in [-0.2, 0) is 71.9 Å². The van der Waals surface area contributed by atoms with Gasteiger partial charge >= 0.3 is 23.0 Å². The number of carbonyl (C=O) groups excluding carboxylic acids is 14. The molecule has 35 heteroatoms. The second-order valence-corrected chi connectivity index (χ2v) is 28.2. The number of hydrogen-bond acceptors (Lipinski definition) is 27. The number of rotatable bonds is 23. The number of aliphatic hydroxyl groups excluding tert-OH is 7. The molecular weight excluding hydrogens is 1590 g/mol. The highest BCUT2D eigenvalue weighted by Gasteiger charge is 2.49. The Balaban J connectivity index is 0.000000673. The molecule has 7 rings (SSSR count). The Hall–Kier alpha value is -9.24. The molecule has 29 nitrogen and oxygen atoms in total. The van der Waals surface area contributed by atoms with Crippen LogP contribution in [0.1, 0.15) is 147 Å². The van der Waals surface area contributed by atoms with Crippen molar-refractivity contribution in [1.29, 1.82) is 0 Å². The quantitative estimate of drug-likeness (QED) is 0.0118. The molecule has 0 amide bonds. The normalized spacial score (nSPS) is 17.9. The van der Waals surface area contributed by atoms with Crippen molar-refractivity contribution in [3.8, 4) is 0 Å². The number of methoxy groups -OCH3 is 1. The van der Waals surface area contributed by atoms with Crippen molar-refractivity contribution in [2.24, 2.45) is 11.8 Å². The number of aliphatic hydroxyl groups is 8. The lowest BCUT2D eigenvalue weighted by atomic mass is 9.81. The standard InChI is InChI=1S/C24H40O5.C19H26O4.C7H4Cl2O3.C7H6O3.C7H6O2.C6Cl4O2.C6H2N2O8/c1-16(2)8-6-9-17(3)10-7-12-24(5,29)13-11-19-18(4)22(27)20(14-25)21(15-26)23(19)28;1-12(2)6-5-7-13(3)8-9-15-14(4)18(22)16(10-20)17(11-21)19(15)23;1-2-3(8)6(11)7(12)4(9)5(2)10;1-10-7-4-5(8)2-3-6(7)9;1-5-4-6(8)2-3-7(5)9;7-1-2(8)6(12)4(10)3(9)5(1)11;9-3-1(7(13)14)4(10)6(12)2(5(3)11)8(15)16/h16-17,25-26,29H,6-15H2,1-5H3;6,8,20-21H,5,7,9-11H2,1-4H3;10H,1H3;2-4H,1H3;2-4H,1H3;;9,12H/t17-,24-;;;;;;/m1....../s1. The van der Waals surface area contributed by atoms with Crippen molar-refractivity contribution in [2.45, 2.75) is 152 Å². The van der Waals surface area contributed by atoms with Gasteiger partial charge in [-0.05, 0) is 136 Å². The molecule has 8 N–H and O–H groups in total. The van der Waals surface area contributed by atoms with E-state index < -0.39 is 130 Å². The molecule has 0 aliphatic heterocycles. The average molecular weight is 1670 g/mol. The molecule has 2 atom stereocenters. The molecule has 7 aliphatic carbocycles. The van der Waals surface area contributed by atoms with Crippen LogP contribution in [0.3, 0.4) is 0 Å². The molecule has 0 aromatic rings. The summed E-state index contributed by atoms with van der Waals surface area (Å²) in [5, 5.41) is 93.4. The van der Waals surface area contributed by atoms with Gasteiger partial charge in [-0.15, -0.1) is 0 Å². The lowest BCUT2D eigenvalue weighted by Gasteiger charge is -2.26. The van der Waals surface area contributed by atoms with Crippen LogP contribution in [0.5, 0.6) is 0 Å². The molecule has 0 spiro atoms. The van der Waals surface area contributed by atoms with Crippen LogP contribution in [-0.4, -0.2) is 171 Å². The number of ketones is 14. The molecule has 0 unspecified atom stereocenters. The predicted molar refractivity (Wildman–Crippen MR) is 408 cm³/mol. The summed E-state index contributed by atoms with van der Waals surface area (Å²) in [5.41, 5.74) is 0.432. The van der Waals surface area contributed by atoms with Gasteiger partial charge in [-0.1, -0.05) is 146 Å². The molecule has 0 radical (unpaired) electrons. The highest BCUT2D eigenvalue weighted by atomic mass is 35.5. The zero-order valence-corrected chi connectivity index (χ0v) is 66.9. The van der Waals surface area contributed by atoms with Crippen LogP contribution < -0.4 is 0 Å². The lowest BCUT2D eigenvalue weighted by molar-refractivity contribution is -0.428. The summed E-state index contributed by atoms with van der Waals surface area (Å²) in [4.78, 5) is 176. The van der Waals surface area contributed by atoms with E-state index in [4.69, 9.17) is 84.9 Å². The predicted octanol–water partition coefficient (Wildman–Crippen LogP) is 11.0. The smallest absolute Gasteiger partial charge is 0.366 e. The van der Waals surface area contributed by atoms with Crippen LogP contribution in [0.4, 0.5) is 0 Å². The van der Waals surface area contributed by atoms with Gasteiger partial charge in [-0.25, -0.2) is 0 Å². The SMILES string of the molecule is CC(C)=CCCC(C)=CCC1=C(C)C(=O)C(CO)=C(CO)C1=O.CC1=C(CC[C@](C)(O)CCC[C@H](C)CCCC(C)C)C(=O)C(CO)=C(CO)C1=O.CC1=C(Cl)C(=O)C(=O)C(Cl)=C1O.CC1=CC(=O)C=CC1=O.COC1=CC(=O)C=CC1=O.O=C1C(Cl)=C(Cl)C(=O)C(Cl)=C1Cl.O=C1C(O)=C([N+](=O)[O-])C(=O)C(O)=C1[N+](=O)[O-]. The fraction of sp³-hybridized carbons (Fsp3) is 0.395. The van der Waals surface area contributed by atoms with E-state index in [9.17, 15) is 113 Å². The molecular formula is C76H84Cl6N2O27. The monoisotopic (exact) mass is 1670 g/mol. The van der Waals surface area contributed by atoms with Crippen LogP contribution in [0.15, 0.2) is 180 Å². The molecule has 0 heterocycles. The van der Waals surface area contributed by atoms with Gasteiger partial charge in [0.05, 0.1) is 54.0 Å². The van der Waals surface area contributed by atoms with E-state index in [1.807, 2.05) is 13.0 Å². The van der Waals surface area contributed by atoms with Crippen molar-refractivity contribution in [3.05, 3.63) is 200 Å². The van der Waals surface area contributed by atoms with Gasteiger partial charge in [-0.2, -0.15) is 0 Å². The number of hydrogen-bond donors (Lipinski definition) is 8. The number of halogens is 6. The average Bonchev–Trinajstić information content (AvgIpc) is 0.772. The van der Waals surface area contributed by atoms with E-state index >= 15 is 0 Å². The Morgan fingerprint density at radius 2 is 0.892 bits per heavy atom. The third-order valence-corrected chi connectivity index (χ3v) is 19.2. The van der Waals surface area contributed by atoms with Gasteiger partial charge in [0.1, 0.15) is 30.9 Å². The first kappa shape index (κ1) is 99.8. The number of carbonyl (C=O) groups is 14. The van der Waals surface area contributed by atoms with Gasteiger partial charge in [0.15, 0.2) is 46.2 Å².